The summed E-state index contributed by atoms with van der Waals surface area (Å²) in [6.45, 7) is 2.17. The number of H-pyrrole nitrogens is 1. The molecule has 0 saturated heterocycles. The predicted octanol–water partition coefficient (Wildman–Crippen LogP) is 2.68. The maximum atomic E-state index is 11.8. The van der Waals surface area contributed by atoms with Crippen LogP contribution in [0.1, 0.15) is 19.4 Å². The highest BCUT2D eigenvalue weighted by Crippen LogP contribution is 2.44. The minimum Gasteiger partial charge on any atom is -0.329 e. The van der Waals surface area contributed by atoms with Gasteiger partial charge in [0.15, 0.2) is 14.6 Å². The smallest absolute Gasteiger partial charge is 0.178 e. The number of benzene rings is 1. The molecule has 6 heteroatoms. The summed E-state index contributed by atoms with van der Waals surface area (Å²) in [4.78, 5) is 3.36. The molecule has 0 bridgehead atoms. The molecule has 1 fully saturated rings. The van der Waals surface area contributed by atoms with Crippen LogP contribution in [0, 0.1) is 10.7 Å². The van der Waals surface area contributed by atoms with E-state index in [0.29, 0.717) is 27.1 Å². The third kappa shape index (κ3) is 1.71. The average molecular weight is 282 g/mol. The largest absolute Gasteiger partial charge is 0.329 e. The van der Waals surface area contributed by atoms with Crippen LogP contribution in [-0.4, -0.2) is 24.2 Å². The molecular weight excluding hydrogens is 268 g/mol. The molecular formula is C12H14N2O2S2. The third-order valence-electron chi connectivity index (χ3n) is 3.51. The van der Waals surface area contributed by atoms with Crippen molar-refractivity contribution in [2.45, 2.75) is 24.3 Å². The van der Waals surface area contributed by atoms with E-state index in [1.54, 1.807) is 12.1 Å². The van der Waals surface area contributed by atoms with E-state index in [9.17, 15) is 8.42 Å². The number of rotatable bonds is 2. The molecule has 18 heavy (non-hydrogen) atoms. The summed E-state index contributed by atoms with van der Waals surface area (Å²) in [6, 6.07) is 5.71. The van der Waals surface area contributed by atoms with Crippen LogP contribution in [-0.2, 0) is 9.84 Å². The first-order chi connectivity index (χ1) is 8.39. The van der Waals surface area contributed by atoms with Gasteiger partial charge in [-0.25, -0.2) is 8.42 Å². The van der Waals surface area contributed by atoms with Crippen LogP contribution in [0.15, 0.2) is 23.1 Å². The average Bonchev–Trinajstić information content (AvgIpc) is 2.87. The Labute approximate surface area is 111 Å². The zero-order chi connectivity index (χ0) is 13.1. The van der Waals surface area contributed by atoms with E-state index < -0.39 is 9.84 Å². The number of hydrogen-bond acceptors (Lipinski definition) is 3. The molecule has 0 aliphatic heterocycles. The first kappa shape index (κ1) is 11.9. The number of aromatic amines is 1. The molecule has 2 aromatic rings. The molecule has 1 aromatic carbocycles. The van der Waals surface area contributed by atoms with Gasteiger partial charge in [-0.1, -0.05) is 13.0 Å². The number of hydrogen-bond donors (Lipinski definition) is 1. The van der Waals surface area contributed by atoms with Crippen LogP contribution in [0.4, 0.5) is 0 Å². The topological polar surface area (TPSA) is 54.9 Å². The molecule has 2 atom stereocenters. The summed E-state index contributed by atoms with van der Waals surface area (Å²) in [6.07, 6.45) is 2.32. The lowest BCUT2D eigenvalue weighted by Gasteiger charge is -2.03. The molecule has 96 valence electrons. The molecule has 0 amide bonds. The second-order valence-corrected chi connectivity index (χ2v) is 7.37. The van der Waals surface area contributed by atoms with Crippen molar-refractivity contribution in [3.8, 4) is 0 Å². The van der Waals surface area contributed by atoms with Crippen LogP contribution in [0.3, 0.4) is 0 Å². The SMILES string of the molecule is CC1CC1n1c(=S)[nH]c2c(S(C)(=O)=O)cccc21. The molecule has 0 spiro atoms. The zero-order valence-corrected chi connectivity index (χ0v) is 11.8. The maximum absolute atomic E-state index is 11.8. The Kier molecular flexibility index (Phi) is 2.44. The highest BCUT2D eigenvalue weighted by Gasteiger charge is 2.36. The van der Waals surface area contributed by atoms with Gasteiger partial charge in [0, 0.05) is 12.3 Å². The molecule has 3 rings (SSSR count). The summed E-state index contributed by atoms with van der Waals surface area (Å²) >= 11 is 5.32. The Morgan fingerprint density at radius 1 is 1.44 bits per heavy atom. The Morgan fingerprint density at radius 3 is 2.67 bits per heavy atom. The van der Waals surface area contributed by atoms with Crippen LogP contribution in [0.5, 0.6) is 0 Å². The number of nitrogens with zero attached hydrogens (tertiary/aromatic N) is 1. The fourth-order valence-corrected chi connectivity index (χ4v) is 3.61. The van der Waals surface area contributed by atoms with E-state index in [1.807, 2.05) is 10.6 Å². The summed E-state index contributed by atoms with van der Waals surface area (Å²) < 4.78 is 26.2. The van der Waals surface area contributed by atoms with Gasteiger partial charge < -0.3 is 9.55 Å². The molecule has 0 radical (unpaired) electrons. The normalized spacial score (nSPS) is 23.4. The van der Waals surface area contributed by atoms with Gasteiger partial charge in [-0.2, -0.15) is 0 Å². The van der Waals surface area contributed by atoms with Crippen molar-refractivity contribution >= 4 is 33.1 Å². The molecule has 1 aliphatic rings. The first-order valence-corrected chi connectivity index (χ1v) is 8.13. The highest BCUT2D eigenvalue weighted by atomic mass is 32.2. The number of para-hydroxylation sites is 1. The van der Waals surface area contributed by atoms with E-state index >= 15 is 0 Å². The number of sulfone groups is 1. The van der Waals surface area contributed by atoms with E-state index in [0.717, 1.165) is 11.9 Å². The number of nitrogens with one attached hydrogen (secondary N) is 1. The van der Waals surface area contributed by atoms with Crippen molar-refractivity contribution < 1.29 is 8.42 Å². The van der Waals surface area contributed by atoms with E-state index in [-0.39, 0.29) is 0 Å². The Morgan fingerprint density at radius 2 is 2.11 bits per heavy atom. The monoisotopic (exact) mass is 282 g/mol. The molecule has 1 aliphatic carbocycles. The van der Waals surface area contributed by atoms with Gasteiger partial charge in [0.1, 0.15) is 0 Å². The minimum absolute atomic E-state index is 0.318. The van der Waals surface area contributed by atoms with Crippen molar-refractivity contribution in [3.63, 3.8) is 0 Å². The van der Waals surface area contributed by atoms with E-state index in [1.165, 1.54) is 6.26 Å². The van der Waals surface area contributed by atoms with Crippen molar-refractivity contribution in [2.75, 3.05) is 6.26 Å². The molecule has 4 nitrogen and oxygen atoms in total. The van der Waals surface area contributed by atoms with Gasteiger partial charge in [0.05, 0.1) is 15.9 Å². The summed E-state index contributed by atoms with van der Waals surface area (Å²) in [5, 5.41) is 0. The number of aromatic nitrogens is 2. The second-order valence-electron chi connectivity index (χ2n) is 5.00. The lowest BCUT2D eigenvalue weighted by Crippen LogP contribution is -1.99. The standard InChI is InChI=1S/C12H14N2O2S2/c1-7-6-9(7)14-8-4-3-5-10(18(2,15)16)11(8)13-12(14)17/h3-5,7,9H,6H2,1-2H3,(H,13,17). The maximum Gasteiger partial charge on any atom is 0.178 e. The predicted molar refractivity (Wildman–Crippen MR) is 73.1 cm³/mol. The van der Waals surface area contributed by atoms with Crippen LogP contribution in [0.2, 0.25) is 0 Å². The summed E-state index contributed by atoms with van der Waals surface area (Å²) in [7, 11) is -3.24. The molecule has 1 saturated carbocycles. The fourth-order valence-electron chi connectivity index (χ4n) is 2.42. The summed E-state index contributed by atoms with van der Waals surface area (Å²) in [5.41, 5.74) is 1.52. The van der Waals surface area contributed by atoms with Gasteiger partial charge in [-0.15, -0.1) is 0 Å². The zero-order valence-electron chi connectivity index (χ0n) is 10.2. The highest BCUT2D eigenvalue weighted by molar-refractivity contribution is 7.91. The second kappa shape index (κ2) is 3.68. The Hall–Kier alpha value is -1.14. The number of imidazole rings is 1. The molecule has 2 unspecified atom stereocenters. The Bertz CT molecular complexity index is 786. The fraction of sp³-hybridized carbons (Fsp3) is 0.417. The lowest BCUT2D eigenvalue weighted by atomic mass is 10.3. The van der Waals surface area contributed by atoms with Gasteiger partial charge in [-0.05, 0) is 36.7 Å². The van der Waals surface area contributed by atoms with E-state index in [2.05, 4.69) is 11.9 Å². The van der Waals surface area contributed by atoms with E-state index in [4.69, 9.17) is 12.2 Å². The van der Waals surface area contributed by atoms with Gasteiger partial charge in [0.2, 0.25) is 0 Å². The van der Waals surface area contributed by atoms with Crippen molar-refractivity contribution in [3.05, 3.63) is 23.0 Å². The van der Waals surface area contributed by atoms with Crippen LogP contribution < -0.4 is 0 Å². The number of fused-ring (bicyclic) bond motifs is 1. The van der Waals surface area contributed by atoms with Crippen molar-refractivity contribution in [2.24, 2.45) is 5.92 Å². The van der Waals surface area contributed by atoms with Crippen LogP contribution in [0.25, 0.3) is 11.0 Å². The molecule has 1 aromatic heterocycles. The molecule has 1 heterocycles. The third-order valence-corrected chi connectivity index (χ3v) is 4.95. The van der Waals surface area contributed by atoms with Crippen molar-refractivity contribution in [1.29, 1.82) is 0 Å². The lowest BCUT2D eigenvalue weighted by molar-refractivity contribution is 0.602. The van der Waals surface area contributed by atoms with Gasteiger partial charge in [0.25, 0.3) is 0 Å². The first-order valence-electron chi connectivity index (χ1n) is 5.83. The van der Waals surface area contributed by atoms with Gasteiger partial charge in [-0.3, -0.25) is 0 Å². The minimum atomic E-state index is -3.24. The molecule has 1 N–H and O–H groups in total. The van der Waals surface area contributed by atoms with Crippen LogP contribution >= 0.6 is 12.2 Å². The Balaban J connectivity index is 2.36. The van der Waals surface area contributed by atoms with Gasteiger partial charge >= 0.3 is 0 Å². The quantitative estimate of drug-likeness (QED) is 0.862. The summed E-state index contributed by atoms with van der Waals surface area (Å²) in [5.74, 6) is 0.609. The van der Waals surface area contributed by atoms with Crippen molar-refractivity contribution in [1.82, 2.24) is 9.55 Å².